The smallest absolute Gasteiger partial charge is 0.172 e. The van der Waals surface area contributed by atoms with Gasteiger partial charge in [-0.25, -0.2) is 0 Å². The summed E-state index contributed by atoms with van der Waals surface area (Å²) in [6.45, 7) is 2.17. The van der Waals surface area contributed by atoms with Crippen molar-refractivity contribution in [1.29, 1.82) is 0 Å². The van der Waals surface area contributed by atoms with Crippen molar-refractivity contribution in [2.45, 2.75) is 24.7 Å². The summed E-state index contributed by atoms with van der Waals surface area (Å²) < 4.78 is 0. The van der Waals surface area contributed by atoms with Gasteiger partial charge < -0.3 is 0 Å². The van der Waals surface area contributed by atoms with Gasteiger partial charge in [0.1, 0.15) is 0 Å². The molecule has 1 rings (SSSR count). The van der Waals surface area contributed by atoms with Crippen molar-refractivity contribution in [2.75, 3.05) is 17.8 Å². The molecule has 0 fully saturated rings. The molecule has 0 bridgehead atoms. The molecule has 0 saturated carbocycles. The van der Waals surface area contributed by atoms with Gasteiger partial charge >= 0.3 is 0 Å². The van der Waals surface area contributed by atoms with E-state index < -0.39 is 0 Å². The number of hydrogen-bond acceptors (Lipinski definition) is 3. The Morgan fingerprint density at radius 2 is 1.94 bits per heavy atom. The predicted octanol–water partition coefficient (Wildman–Crippen LogP) is 4.12. The summed E-state index contributed by atoms with van der Waals surface area (Å²) in [5.74, 6) is 1.94. The molecule has 0 spiro atoms. The first-order valence-electron chi connectivity index (χ1n) is 5.53. The summed E-state index contributed by atoms with van der Waals surface area (Å²) in [5, 5.41) is 0. The quantitative estimate of drug-likeness (QED) is 0.414. The summed E-state index contributed by atoms with van der Waals surface area (Å²) in [4.78, 5) is 13.0. The zero-order valence-corrected chi connectivity index (χ0v) is 11.5. The first kappa shape index (κ1) is 13.7. The highest BCUT2D eigenvalue weighted by atomic mass is 32.2. The van der Waals surface area contributed by atoms with Crippen LogP contribution in [0.4, 0.5) is 0 Å². The molecular formula is C13H18OS2. The zero-order chi connectivity index (χ0) is 11.8. The second-order valence-electron chi connectivity index (χ2n) is 3.56. The number of benzene rings is 1. The van der Waals surface area contributed by atoms with E-state index in [9.17, 15) is 4.79 Å². The largest absolute Gasteiger partial charge is 0.293 e. The molecule has 0 aliphatic rings. The lowest BCUT2D eigenvalue weighted by molar-refractivity contribution is 0.102. The Morgan fingerprint density at radius 1 is 1.25 bits per heavy atom. The van der Waals surface area contributed by atoms with Gasteiger partial charge in [0.25, 0.3) is 0 Å². The van der Waals surface area contributed by atoms with Gasteiger partial charge in [-0.05, 0) is 30.6 Å². The molecule has 0 unspecified atom stereocenters. The Balaban J connectivity index is 2.40. The molecule has 0 saturated heterocycles. The number of carbonyl (C=O) groups is 1. The first-order valence-corrected chi connectivity index (χ1v) is 7.91. The van der Waals surface area contributed by atoms with Crippen LogP contribution in [0.2, 0.25) is 0 Å². The van der Waals surface area contributed by atoms with Crippen LogP contribution < -0.4 is 0 Å². The first-order chi connectivity index (χ1) is 7.77. The molecule has 0 radical (unpaired) electrons. The van der Waals surface area contributed by atoms with E-state index in [0.717, 1.165) is 11.3 Å². The van der Waals surface area contributed by atoms with Gasteiger partial charge in [-0.2, -0.15) is 11.8 Å². The fourth-order valence-electron chi connectivity index (χ4n) is 1.27. The number of unbranched alkanes of at least 4 members (excludes halogenated alkanes) is 1. The van der Waals surface area contributed by atoms with Crippen LogP contribution in [0.1, 0.15) is 30.1 Å². The Kier molecular flexibility index (Phi) is 6.65. The highest BCUT2D eigenvalue weighted by Crippen LogP contribution is 2.16. The highest BCUT2D eigenvalue weighted by Gasteiger charge is 2.05. The van der Waals surface area contributed by atoms with E-state index in [4.69, 9.17) is 0 Å². The third kappa shape index (κ3) is 4.62. The van der Waals surface area contributed by atoms with Crippen molar-refractivity contribution >= 4 is 29.3 Å². The van der Waals surface area contributed by atoms with Crippen LogP contribution in [-0.4, -0.2) is 23.5 Å². The van der Waals surface area contributed by atoms with Crippen molar-refractivity contribution in [1.82, 2.24) is 0 Å². The van der Waals surface area contributed by atoms with Crippen LogP contribution >= 0.6 is 23.5 Å². The Bertz CT molecular complexity index is 319. The van der Waals surface area contributed by atoms with Crippen LogP contribution in [-0.2, 0) is 0 Å². The SMILES string of the molecule is CCCCSCC(=O)c1ccc(SC)cc1. The van der Waals surface area contributed by atoms with Crippen molar-refractivity contribution in [3.63, 3.8) is 0 Å². The van der Waals surface area contributed by atoms with E-state index in [1.165, 1.54) is 17.7 Å². The van der Waals surface area contributed by atoms with E-state index >= 15 is 0 Å². The Hall–Kier alpha value is -0.410. The van der Waals surface area contributed by atoms with Crippen molar-refractivity contribution in [2.24, 2.45) is 0 Å². The van der Waals surface area contributed by atoms with Gasteiger partial charge in [-0.1, -0.05) is 25.5 Å². The highest BCUT2D eigenvalue weighted by molar-refractivity contribution is 8.00. The average molecular weight is 254 g/mol. The summed E-state index contributed by atoms with van der Waals surface area (Å²) in [6.07, 6.45) is 4.43. The lowest BCUT2D eigenvalue weighted by atomic mass is 10.1. The van der Waals surface area contributed by atoms with Crippen molar-refractivity contribution < 1.29 is 4.79 Å². The summed E-state index contributed by atoms with van der Waals surface area (Å²) in [6, 6.07) is 7.87. The number of thioether (sulfide) groups is 2. The minimum Gasteiger partial charge on any atom is -0.293 e. The van der Waals surface area contributed by atoms with Crippen LogP contribution in [0.15, 0.2) is 29.2 Å². The third-order valence-corrected chi connectivity index (χ3v) is 4.07. The van der Waals surface area contributed by atoms with E-state index in [2.05, 4.69) is 6.92 Å². The lowest BCUT2D eigenvalue weighted by Crippen LogP contribution is -2.02. The van der Waals surface area contributed by atoms with Gasteiger partial charge in [0.05, 0.1) is 5.75 Å². The van der Waals surface area contributed by atoms with Crippen molar-refractivity contribution in [3.05, 3.63) is 29.8 Å². The number of hydrogen-bond donors (Lipinski definition) is 0. The van der Waals surface area contributed by atoms with Gasteiger partial charge in [0, 0.05) is 10.5 Å². The monoisotopic (exact) mass is 254 g/mol. The molecule has 0 aliphatic carbocycles. The molecule has 0 heterocycles. The van der Waals surface area contributed by atoms with Crippen LogP contribution in [0.3, 0.4) is 0 Å². The molecule has 0 aliphatic heterocycles. The van der Waals surface area contributed by atoms with E-state index in [1.54, 1.807) is 23.5 Å². The zero-order valence-electron chi connectivity index (χ0n) is 9.86. The maximum Gasteiger partial charge on any atom is 0.172 e. The lowest BCUT2D eigenvalue weighted by Gasteiger charge is -2.02. The molecular weight excluding hydrogens is 236 g/mol. The molecule has 1 aromatic rings. The second-order valence-corrected chi connectivity index (χ2v) is 5.54. The second kappa shape index (κ2) is 7.80. The minimum absolute atomic E-state index is 0.244. The maximum absolute atomic E-state index is 11.8. The Labute approximate surface area is 106 Å². The van der Waals surface area contributed by atoms with Crippen LogP contribution in [0, 0.1) is 0 Å². The number of carbonyl (C=O) groups excluding carboxylic acids is 1. The topological polar surface area (TPSA) is 17.1 Å². The van der Waals surface area contributed by atoms with Gasteiger partial charge in [0.2, 0.25) is 0 Å². The molecule has 1 nitrogen and oxygen atoms in total. The van der Waals surface area contributed by atoms with Gasteiger partial charge in [-0.15, -0.1) is 11.8 Å². The standard InChI is InChI=1S/C13H18OS2/c1-3-4-9-16-10-13(14)11-5-7-12(15-2)8-6-11/h5-8H,3-4,9-10H2,1-2H3. The molecule has 0 amide bonds. The fraction of sp³-hybridized carbons (Fsp3) is 0.462. The maximum atomic E-state index is 11.8. The van der Waals surface area contributed by atoms with E-state index in [0.29, 0.717) is 5.75 Å². The molecule has 16 heavy (non-hydrogen) atoms. The summed E-state index contributed by atoms with van der Waals surface area (Å²) in [7, 11) is 0. The third-order valence-electron chi connectivity index (χ3n) is 2.29. The molecule has 0 atom stereocenters. The van der Waals surface area contributed by atoms with Gasteiger partial charge in [0.15, 0.2) is 5.78 Å². The Morgan fingerprint density at radius 3 is 2.50 bits per heavy atom. The van der Waals surface area contributed by atoms with Crippen LogP contribution in [0.25, 0.3) is 0 Å². The normalized spacial score (nSPS) is 10.4. The van der Waals surface area contributed by atoms with Gasteiger partial charge in [-0.3, -0.25) is 4.79 Å². The van der Waals surface area contributed by atoms with E-state index in [-0.39, 0.29) is 5.78 Å². The molecule has 1 aromatic carbocycles. The minimum atomic E-state index is 0.244. The average Bonchev–Trinajstić information content (AvgIpc) is 2.34. The summed E-state index contributed by atoms with van der Waals surface area (Å²) >= 11 is 3.43. The molecule has 0 aromatic heterocycles. The molecule has 88 valence electrons. The van der Waals surface area contributed by atoms with Crippen LogP contribution in [0.5, 0.6) is 0 Å². The molecule has 3 heteroatoms. The van der Waals surface area contributed by atoms with Crippen molar-refractivity contribution in [3.8, 4) is 0 Å². The predicted molar refractivity (Wildman–Crippen MR) is 74.8 cm³/mol. The number of rotatable bonds is 7. The van der Waals surface area contributed by atoms with E-state index in [1.807, 2.05) is 30.5 Å². The fourth-order valence-corrected chi connectivity index (χ4v) is 2.67. The summed E-state index contributed by atoms with van der Waals surface area (Å²) in [5.41, 5.74) is 0.835. The number of Topliss-reactive ketones (excluding diaryl/α,β-unsaturated/α-hetero) is 1. The molecule has 0 N–H and O–H groups in total. The number of ketones is 1.